The van der Waals surface area contributed by atoms with Gasteiger partial charge < -0.3 is 10.5 Å². The first-order valence-electron chi connectivity index (χ1n) is 7.54. The summed E-state index contributed by atoms with van der Waals surface area (Å²) >= 11 is 1.90. The molecule has 0 saturated carbocycles. The van der Waals surface area contributed by atoms with Gasteiger partial charge in [0, 0.05) is 31.1 Å². The summed E-state index contributed by atoms with van der Waals surface area (Å²) in [6.07, 6.45) is 2.27. The van der Waals surface area contributed by atoms with E-state index in [-0.39, 0.29) is 0 Å². The number of hydrogen-bond acceptors (Lipinski definition) is 4. The predicted octanol–water partition coefficient (Wildman–Crippen LogP) is 3.03. The second-order valence-corrected chi connectivity index (χ2v) is 6.45. The maximum Gasteiger partial charge on any atom is 0.119 e. The molecule has 0 saturated heterocycles. The molecule has 2 aromatic rings. The molecule has 0 unspecified atom stereocenters. The maximum absolute atomic E-state index is 5.79. The van der Waals surface area contributed by atoms with Crippen LogP contribution >= 0.6 is 11.3 Å². The molecule has 0 spiro atoms. The molecule has 0 radical (unpaired) electrons. The summed E-state index contributed by atoms with van der Waals surface area (Å²) in [4.78, 5) is 4.10. The van der Waals surface area contributed by atoms with Crippen LogP contribution in [0.15, 0.2) is 35.7 Å². The van der Waals surface area contributed by atoms with Crippen molar-refractivity contribution in [3.05, 3.63) is 51.7 Å². The molecule has 0 atom stereocenters. The number of benzene rings is 1. The number of nitrogens with zero attached hydrogens (tertiary/aromatic N) is 1. The molecule has 21 heavy (non-hydrogen) atoms. The largest absolute Gasteiger partial charge is 0.494 e. The standard InChI is InChI=1S/C17H22N2OS/c18-12-14-2-4-16(5-3-14)20-10-1-8-19-9-6-17-15(13-19)7-11-21-17/h2-5,7,11H,1,6,8-10,12-13,18H2. The monoisotopic (exact) mass is 302 g/mol. The summed E-state index contributed by atoms with van der Waals surface area (Å²) in [5.74, 6) is 0.936. The fraction of sp³-hybridized carbons (Fsp3) is 0.412. The number of nitrogens with two attached hydrogens (primary N) is 1. The number of ether oxygens (including phenoxy) is 1. The Hall–Kier alpha value is -1.36. The van der Waals surface area contributed by atoms with E-state index in [1.165, 1.54) is 18.5 Å². The van der Waals surface area contributed by atoms with E-state index in [1.54, 1.807) is 4.88 Å². The van der Waals surface area contributed by atoms with Crippen LogP contribution in [0.2, 0.25) is 0 Å². The lowest BCUT2D eigenvalue weighted by Crippen LogP contribution is -2.31. The Kier molecular flexibility index (Phi) is 4.91. The Morgan fingerprint density at radius 2 is 2.05 bits per heavy atom. The zero-order chi connectivity index (χ0) is 14.5. The summed E-state index contributed by atoms with van der Waals surface area (Å²) in [6.45, 7) is 4.74. The molecular formula is C17H22N2OS. The number of rotatable bonds is 6. The molecule has 3 nitrogen and oxygen atoms in total. The van der Waals surface area contributed by atoms with Crippen LogP contribution in [0.25, 0.3) is 0 Å². The van der Waals surface area contributed by atoms with Gasteiger partial charge in [0.05, 0.1) is 6.61 Å². The van der Waals surface area contributed by atoms with Gasteiger partial charge in [0.1, 0.15) is 5.75 Å². The molecule has 1 aliphatic rings. The van der Waals surface area contributed by atoms with E-state index < -0.39 is 0 Å². The zero-order valence-electron chi connectivity index (χ0n) is 12.3. The Balaban J connectivity index is 1.38. The highest BCUT2D eigenvalue weighted by atomic mass is 32.1. The Morgan fingerprint density at radius 3 is 2.86 bits per heavy atom. The lowest BCUT2D eigenvalue weighted by atomic mass is 10.1. The van der Waals surface area contributed by atoms with E-state index in [0.717, 1.165) is 37.4 Å². The van der Waals surface area contributed by atoms with Crippen LogP contribution in [0.5, 0.6) is 5.75 Å². The molecule has 0 fully saturated rings. The minimum absolute atomic E-state index is 0.583. The van der Waals surface area contributed by atoms with Crippen molar-refractivity contribution in [3.63, 3.8) is 0 Å². The first-order valence-corrected chi connectivity index (χ1v) is 8.42. The van der Waals surface area contributed by atoms with E-state index in [4.69, 9.17) is 10.5 Å². The first kappa shape index (κ1) is 14.6. The predicted molar refractivity (Wildman–Crippen MR) is 87.7 cm³/mol. The summed E-state index contributed by atoms with van der Waals surface area (Å²) in [5, 5.41) is 2.21. The molecule has 1 aromatic carbocycles. The SMILES string of the molecule is NCc1ccc(OCCCN2CCc3sccc3C2)cc1. The van der Waals surface area contributed by atoms with Crippen molar-refractivity contribution in [1.82, 2.24) is 4.90 Å². The maximum atomic E-state index is 5.79. The molecular weight excluding hydrogens is 280 g/mol. The van der Waals surface area contributed by atoms with Crippen LogP contribution in [-0.4, -0.2) is 24.6 Å². The summed E-state index contributed by atoms with van der Waals surface area (Å²) in [7, 11) is 0. The summed E-state index contributed by atoms with van der Waals surface area (Å²) in [5.41, 5.74) is 8.24. The van der Waals surface area contributed by atoms with Crippen molar-refractivity contribution in [2.45, 2.75) is 25.9 Å². The molecule has 2 N–H and O–H groups in total. The van der Waals surface area contributed by atoms with Crippen LogP contribution in [-0.2, 0) is 19.5 Å². The lowest BCUT2D eigenvalue weighted by molar-refractivity contribution is 0.222. The van der Waals surface area contributed by atoms with Gasteiger partial charge in [-0.05, 0) is 47.5 Å². The molecule has 112 valence electrons. The Labute approximate surface area is 130 Å². The Morgan fingerprint density at radius 1 is 1.19 bits per heavy atom. The number of hydrogen-bond donors (Lipinski definition) is 1. The molecule has 4 heteroatoms. The lowest BCUT2D eigenvalue weighted by Gasteiger charge is -2.26. The second-order valence-electron chi connectivity index (χ2n) is 5.45. The van der Waals surface area contributed by atoms with E-state index in [1.807, 2.05) is 35.6 Å². The van der Waals surface area contributed by atoms with Crippen molar-refractivity contribution < 1.29 is 4.74 Å². The van der Waals surface area contributed by atoms with Gasteiger partial charge in [-0.25, -0.2) is 0 Å². The van der Waals surface area contributed by atoms with Crippen molar-refractivity contribution >= 4 is 11.3 Å². The molecule has 1 aromatic heterocycles. The molecule has 1 aliphatic heterocycles. The third-order valence-electron chi connectivity index (χ3n) is 3.93. The first-order chi connectivity index (χ1) is 10.3. The second kappa shape index (κ2) is 7.07. The van der Waals surface area contributed by atoms with Gasteiger partial charge in [-0.1, -0.05) is 12.1 Å². The van der Waals surface area contributed by atoms with Gasteiger partial charge in [-0.15, -0.1) is 11.3 Å². The molecule has 0 aliphatic carbocycles. The van der Waals surface area contributed by atoms with Gasteiger partial charge in [0.25, 0.3) is 0 Å². The fourth-order valence-electron chi connectivity index (χ4n) is 2.70. The average molecular weight is 302 g/mol. The van der Waals surface area contributed by atoms with Crippen LogP contribution in [0.3, 0.4) is 0 Å². The summed E-state index contributed by atoms with van der Waals surface area (Å²) in [6, 6.07) is 10.3. The van der Waals surface area contributed by atoms with Crippen LogP contribution < -0.4 is 10.5 Å². The van der Waals surface area contributed by atoms with Crippen LogP contribution in [0.4, 0.5) is 0 Å². The van der Waals surface area contributed by atoms with Gasteiger partial charge in [0.2, 0.25) is 0 Å². The highest BCUT2D eigenvalue weighted by Gasteiger charge is 2.16. The van der Waals surface area contributed by atoms with Gasteiger partial charge in [-0.2, -0.15) is 0 Å². The molecule has 3 rings (SSSR count). The minimum atomic E-state index is 0.583. The van der Waals surface area contributed by atoms with Crippen molar-refractivity contribution in [1.29, 1.82) is 0 Å². The van der Waals surface area contributed by atoms with E-state index in [9.17, 15) is 0 Å². The highest BCUT2D eigenvalue weighted by Crippen LogP contribution is 2.23. The Bertz CT molecular complexity index is 564. The molecule has 0 amide bonds. The minimum Gasteiger partial charge on any atom is -0.494 e. The highest BCUT2D eigenvalue weighted by molar-refractivity contribution is 7.10. The average Bonchev–Trinajstić information content (AvgIpc) is 3.00. The third kappa shape index (κ3) is 3.84. The smallest absolute Gasteiger partial charge is 0.119 e. The van der Waals surface area contributed by atoms with Crippen molar-refractivity contribution in [2.24, 2.45) is 5.73 Å². The third-order valence-corrected chi connectivity index (χ3v) is 4.96. The zero-order valence-corrected chi connectivity index (χ0v) is 13.1. The number of fused-ring (bicyclic) bond motifs is 1. The quantitative estimate of drug-likeness (QED) is 0.834. The van der Waals surface area contributed by atoms with Gasteiger partial charge in [0.15, 0.2) is 0 Å². The summed E-state index contributed by atoms with van der Waals surface area (Å²) < 4.78 is 5.79. The fourth-order valence-corrected chi connectivity index (χ4v) is 3.59. The molecule has 0 bridgehead atoms. The molecule has 2 heterocycles. The topological polar surface area (TPSA) is 38.5 Å². The van der Waals surface area contributed by atoms with Gasteiger partial charge in [-0.3, -0.25) is 4.90 Å². The normalized spacial score (nSPS) is 14.9. The van der Waals surface area contributed by atoms with Crippen LogP contribution in [0.1, 0.15) is 22.4 Å². The van der Waals surface area contributed by atoms with E-state index in [2.05, 4.69) is 16.3 Å². The number of thiophene rings is 1. The van der Waals surface area contributed by atoms with Crippen molar-refractivity contribution in [2.75, 3.05) is 19.7 Å². The van der Waals surface area contributed by atoms with E-state index in [0.29, 0.717) is 6.54 Å². The van der Waals surface area contributed by atoms with Crippen LogP contribution in [0, 0.1) is 0 Å². The van der Waals surface area contributed by atoms with E-state index >= 15 is 0 Å². The van der Waals surface area contributed by atoms with Crippen molar-refractivity contribution in [3.8, 4) is 5.75 Å². The van der Waals surface area contributed by atoms with Gasteiger partial charge >= 0.3 is 0 Å².